The number of benzene rings is 4. The summed E-state index contributed by atoms with van der Waals surface area (Å²) >= 11 is 3.66. The maximum absolute atomic E-state index is 4.47. The van der Waals surface area contributed by atoms with E-state index >= 15 is 0 Å². The maximum Gasteiger partial charge on any atom is 0.0492 e. The molecule has 2 aliphatic rings. The first kappa shape index (κ1) is 23.6. The predicted molar refractivity (Wildman–Crippen MR) is 161 cm³/mol. The third kappa shape index (κ3) is 5.33. The van der Waals surface area contributed by atoms with Gasteiger partial charge in [-0.1, -0.05) is 76.6 Å². The lowest BCUT2D eigenvalue weighted by atomic mass is 9.90. The average Bonchev–Trinajstić information content (AvgIpc) is 2.98. The van der Waals surface area contributed by atoms with Gasteiger partial charge < -0.3 is 0 Å². The summed E-state index contributed by atoms with van der Waals surface area (Å²) < 4.78 is 1.08. The van der Waals surface area contributed by atoms with Crippen LogP contribution in [-0.2, 0) is 0 Å². The van der Waals surface area contributed by atoms with E-state index in [-0.39, 0.29) is 0 Å². The molecule has 0 radical (unpaired) electrons. The highest BCUT2D eigenvalue weighted by atomic mass is 79.9. The molecule has 0 saturated carbocycles. The SMILES string of the molecule is Brc1cccc(-c2cc(-c3cccc(C4=CN=CCC4)c3)cc(-c3cccc(C4C=CC=NC4)c3)c2)c1. The number of halogens is 1. The second-order valence-electron chi connectivity index (χ2n) is 9.55. The first-order valence-corrected chi connectivity index (χ1v) is 13.5. The highest BCUT2D eigenvalue weighted by molar-refractivity contribution is 9.10. The van der Waals surface area contributed by atoms with Gasteiger partial charge >= 0.3 is 0 Å². The van der Waals surface area contributed by atoms with Crippen molar-refractivity contribution in [1.82, 2.24) is 0 Å². The second-order valence-corrected chi connectivity index (χ2v) is 10.5. The molecule has 37 heavy (non-hydrogen) atoms. The Kier molecular flexibility index (Phi) is 6.79. The molecule has 3 heteroatoms. The molecule has 0 amide bonds. The van der Waals surface area contributed by atoms with Gasteiger partial charge in [-0.3, -0.25) is 9.98 Å². The molecular formula is C34H27BrN2. The zero-order chi connectivity index (χ0) is 25.0. The zero-order valence-electron chi connectivity index (χ0n) is 20.5. The van der Waals surface area contributed by atoms with Gasteiger partial charge in [-0.05, 0) is 105 Å². The molecule has 0 aliphatic carbocycles. The van der Waals surface area contributed by atoms with Crippen LogP contribution in [0.25, 0.3) is 39.0 Å². The average molecular weight is 544 g/mol. The fourth-order valence-corrected chi connectivity index (χ4v) is 5.46. The van der Waals surface area contributed by atoms with E-state index in [0.29, 0.717) is 5.92 Å². The first-order chi connectivity index (χ1) is 18.2. The van der Waals surface area contributed by atoms with E-state index in [1.165, 1.54) is 50.1 Å². The van der Waals surface area contributed by atoms with Gasteiger partial charge in [0.05, 0.1) is 0 Å². The number of hydrogen-bond donors (Lipinski definition) is 0. The largest absolute Gasteiger partial charge is 0.292 e. The van der Waals surface area contributed by atoms with Crippen molar-refractivity contribution >= 4 is 33.9 Å². The van der Waals surface area contributed by atoms with Gasteiger partial charge in [0.2, 0.25) is 0 Å². The summed E-state index contributed by atoms with van der Waals surface area (Å²) in [6.45, 7) is 0.802. The van der Waals surface area contributed by atoms with Crippen molar-refractivity contribution in [2.24, 2.45) is 9.98 Å². The summed E-state index contributed by atoms with van der Waals surface area (Å²) in [4.78, 5) is 8.87. The molecule has 1 atom stereocenters. The third-order valence-corrected chi connectivity index (χ3v) is 7.51. The Bertz CT molecular complexity index is 1570. The van der Waals surface area contributed by atoms with E-state index in [0.717, 1.165) is 23.9 Å². The third-order valence-electron chi connectivity index (χ3n) is 7.02. The van der Waals surface area contributed by atoms with Crippen LogP contribution in [0.1, 0.15) is 29.9 Å². The van der Waals surface area contributed by atoms with E-state index in [2.05, 4.69) is 123 Å². The van der Waals surface area contributed by atoms with E-state index in [9.17, 15) is 0 Å². The summed E-state index contributed by atoms with van der Waals surface area (Å²) in [5, 5.41) is 0. The minimum absolute atomic E-state index is 0.320. The van der Waals surface area contributed by atoms with Crippen LogP contribution in [0.5, 0.6) is 0 Å². The Morgan fingerprint density at radius 3 is 2.00 bits per heavy atom. The topological polar surface area (TPSA) is 24.7 Å². The minimum Gasteiger partial charge on any atom is -0.292 e. The molecule has 0 N–H and O–H groups in total. The summed E-state index contributed by atoms with van der Waals surface area (Å²) in [5.74, 6) is 0.320. The highest BCUT2D eigenvalue weighted by Crippen LogP contribution is 2.36. The smallest absolute Gasteiger partial charge is 0.0492 e. The Hall–Kier alpha value is -3.82. The monoisotopic (exact) mass is 542 g/mol. The number of nitrogens with zero attached hydrogens (tertiary/aromatic N) is 2. The van der Waals surface area contributed by atoms with Crippen LogP contribution in [0.15, 0.2) is 124 Å². The Balaban J connectivity index is 1.47. The lowest BCUT2D eigenvalue weighted by Crippen LogP contribution is -2.03. The van der Waals surface area contributed by atoms with Crippen molar-refractivity contribution < 1.29 is 0 Å². The summed E-state index contributed by atoms with van der Waals surface area (Å²) in [6, 6.07) is 33.2. The van der Waals surface area contributed by atoms with Crippen molar-refractivity contribution in [1.29, 1.82) is 0 Å². The molecule has 0 bridgehead atoms. The molecule has 2 heterocycles. The Labute approximate surface area is 227 Å². The molecule has 6 rings (SSSR count). The zero-order valence-corrected chi connectivity index (χ0v) is 22.1. The van der Waals surface area contributed by atoms with Gasteiger partial charge in [-0.15, -0.1) is 0 Å². The minimum atomic E-state index is 0.320. The molecular weight excluding hydrogens is 516 g/mol. The predicted octanol–water partition coefficient (Wildman–Crippen LogP) is 9.38. The first-order valence-electron chi connectivity index (χ1n) is 12.7. The number of rotatable bonds is 5. The molecule has 0 spiro atoms. The Morgan fingerprint density at radius 1 is 0.676 bits per heavy atom. The van der Waals surface area contributed by atoms with E-state index in [1.807, 2.05) is 24.7 Å². The van der Waals surface area contributed by atoms with Crippen LogP contribution < -0.4 is 0 Å². The highest BCUT2D eigenvalue weighted by Gasteiger charge is 2.13. The van der Waals surface area contributed by atoms with Crippen LogP contribution in [-0.4, -0.2) is 19.0 Å². The van der Waals surface area contributed by atoms with Crippen molar-refractivity contribution in [3.05, 3.63) is 125 Å². The lowest BCUT2D eigenvalue weighted by Gasteiger charge is -2.16. The van der Waals surface area contributed by atoms with Crippen molar-refractivity contribution in [3.8, 4) is 33.4 Å². The normalized spacial score (nSPS) is 16.6. The summed E-state index contributed by atoms with van der Waals surface area (Å²) in [6.07, 6.45) is 12.2. The Morgan fingerprint density at radius 2 is 1.32 bits per heavy atom. The van der Waals surface area contributed by atoms with Crippen molar-refractivity contribution in [2.45, 2.75) is 18.8 Å². The van der Waals surface area contributed by atoms with Crippen molar-refractivity contribution in [2.75, 3.05) is 6.54 Å². The van der Waals surface area contributed by atoms with Crippen LogP contribution in [0.2, 0.25) is 0 Å². The number of hydrogen-bond acceptors (Lipinski definition) is 2. The molecule has 2 aliphatic heterocycles. The molecule has 0 fully saturated rings. The number of dihydropyridines is 1. The number of allylic oxidation sites excluding steroid dienone is 2. The van der Waals surface area contributed by atoms with E-state index in [4.69, 9.17) is 0 Å². The van der Waals surface area contributed by atoms with Crippen LogP contribution in [0.3, 0.4) is 0 Å². The van der Waals surface area contributed by atoms with Gasteiger partial charge in [-0.25, -0.2) is 0 Å². The summed E-state index contributed by atoms with van der Waals surface area (Å²) in [5.41, 5.74) is 11.1. The molecule has 0 aromatic heterocycles. The van der Waals surface area contributed by atoms with Crippen molar-refractivity contribution in [3.63, 3.8) is 0 Å². The molecule has 4 aromatic rings. The van der Waals surface area contributed by atoms with E-state index in [1.54, 1.807) is 0 Å². The molecule has 180 valence electrons. The summed E-state index contributed by atoms with van der Waals surface area (Å²) in [7, 11) is 0. The molecule has 1 unspecified atom stereocenters. The molecule has 0 saturated heterocycles. The van der Waals surface area contributed by atoms with Crippen LogP contribution in [0.4, 0.5) is 0 Å². The van der Waals surface area contributed by atoms with Gasteiger partial charge in [0, 0.05) is 35.6 Å². The second kappa shape index (κ2) is 10.7. The van der Waals surface area contributed by atoms with Crippen LogP contribution in [0, 0.1) is 0 Å². The lowest BCUT2D eigenvalue weighted by molar-refractivity contribution is 0.846. The van der Waals surface area contributed by atoms with Crippen LogP contribution >= 0.6 is 15.9 Å². The van der Waals surface area contributed by atoms with Gasteiger partial charge in [-0.2, -0.15) is 0 Å². The van der Waals surface area contributed by atoms with Gasteiger partial charge in [0.25, 0.3) is 0 Å². The number of aliphatic imine (C=N–C) groups is 2. The maximum atomic E-state index is 4.47. The molecule has 4 aromatic carbocycles. The standard InChI is InChI=1S/C34H27BrN2/c35-34-13-3-10-28(21-34)33-19-31(26-8-1-6-24(16-26)29-11-4-14-36-22-29)18-32(20-33)27-9-2-7-25(17-27)30-12-5-15-37-23-30/h1-4,6-11,13-21,23,29H,5,12,22H2. The molecule has 2 nitrogen and oxygen atoms in total. The van der Waals surface area contributed by atoms with E-state index < -0.39 is 0 Å². The fourth-order valence-electron chi connectivity index (χ4n) is 5.06. The van der Waals surface area contributed by atoms with Gasteiger partial charge in [0.1, 0.15) is 0 Å². The quantitative estimate of drug-likeness (QED) is 0.240. The van der Waals surface area contributed by atoms with Gasteiger partial charge in [0.15, 0.2) is 0 Å². The fraction of sp³-hybridized carbons (Fsp3) is 0.118.